The van der Waals surface area contributed by atoms with Gasteiger partial charge in [-0.15, -0.1) is 0 Å². The second kappa shape index (κ2) is 10.2. The van der Waals surface area contributed by atoms with Crippen LogP contribution in [0.4, 0.5) is 0 Å². The maximum absolute atomic E-state index is 5.90. The van der Waals surface area contributed by atoms with Crippen molar-refractivity contribution in [3.8, 4) is 11.5 Å². The molecule has 30 heavy (non-hydrogen) atoms. The molecule has 0 fully saturated rings. The Morgan fingerprint density at radius 1 is 0.800 bits per heavy atom. The molecule has 0 bridgehead atoms. The molecule has 1 aromatic heterocycles. The molecule has 4 rings (SSSR count). The van der Waals surface area contributed by atoms with Crippen molar-refractivity contribution < 1.29 is 4.74 Å². The van der Waals surface area contributed by atoms with Crippen molar-refractivity contribution in [1.29, 1.82) is 0 Å². The number of H-pyrrole nitrogens is 1. The van der Waals surface area contributed by atoms with E-state index < -0.39 is 0 Å². The Morgan fingerprint density at radius 2 is 1.50 bits per heavy atom. The number of para-hydroxylation sites is 1. The fourth-order valence-electron chi connectivity index (χ4n) is 3.22. The van der Waals surface area contributed by atoms with Crippen LogP contribution in [0.2, 0.25) is 0 Å². The monoisotopic (exact) mass is 462 g/mol. The molecular formula is C24H23BrN4O. The molecule has 1 N–H and O–H groups in total. The second-order valence-corrected chi connectivity index (χ2v) is 7.99. The lowest BCUT2D eigenvalue weighted by Crippen LogP contribution is -2.26. The van der Waals surface area contributed by atoms with Crippen molar-refractivity contribution in [2.75, 3.05) is 6.54 Å². The number of nitrogens with one attached hydrogen (secondary N) is 1. The van der Waals surface area contributed by atoms with Gasteiger partial charge in [0.2, 0.25) is 0 Å². The van der Waals surface area contributed by atoms with Crippen LogP contribution in [0, 0.1) is 0 Å². The summed E-state index contributed by atoms with van der Waals surface area (Å²) >= 11 is 3.50. The van der Waals surface area contributed by atoms with Gasteiger partial charge in [0.1, 0.15) is 23.7 Å². The minimum Gasteiger partial charge on any atom is -0.457 e. The van der Waals surface area contributed by atoms with Gasteiger partial charge in [-0.05, 0) is 53.9 Å². The van der Waals surface area contributed by atoms with Crippen LogP contribution in [0.3, 0.4) is 0 Å². The Morgan fingerprint density at radius 3 is 2.20 bits per heavy atom. The van der Waals surface area contributed by atoms with Crippen LogP contribution < -0.4 is 4.74 Å². The highest BCUT2D eigenvalue weighted by Crippen LogP contribution is 2.22. The number of hydrogen-bond donors (Lipinski definition) is 1. The molecule has 1 heterocycles. The predicted octanol–water partition coefficient (Wildman–Crippen LogP) is 5.60. The maximum Gasteiger partial charge on any atom is 0.138 e. The zero-order valence-corrected chi connectivity index (χ0v) is 18.1. The van der Waals surface area contributed by atoms with E-state index in [9.17, 15) is 0 Å². The highest BCUT2D eigenvalue weighted by atomic mass is 79.9. The molecule has 3 aromatic carbocycles. The predicted molar refractivity (Wildman–Crippen MR) is 121 cm³/mol. The number of rotatable bonds is 9. The Labute approximate surface area is 184 Å². The molecule has 0 atom stereocenters. The number of halogens is 1. The third-order valence-corrected chi connectivity index (χ3v) is 5.31. The Balaban J connectivity index is 1.40. The maximum atomic E-state index is 5.90. The van der Waals surface area contributed by atoms with Crippen LogP contribution in [0.1, 0.15) is 17.0 Å². The van der Waals surface area contributed by atoms with Gasteiger partial charge in [-0.1, -0.05) is 58.4 Å². The molecule has 0 amide bonds. The van der Waals surface area contributed by atoms with E-state index >= 15 is 0 Å². The molecule has 6 heteroatoms. The third kappa shape index (κ3) is 6.02. The molecule has 0 saturated heterocycles. The smallest absolute Gasteiger partial charge is 0.138 e. The van der Waals surface area contributed by atoms with Crippen molar-refractivity contribution in [2.24, 2.45) is 0 Å². The minimum atomic E-state index is 0.721. The van der Waals surface area contributed by atoms with Gasteiger partial charge in [-0.3, -0.25) is 10.00 Å². The summed E-state index contributed by atoms with van der Waals surface area (Å²) in [6.45, 7) is 2.46. The SMILES string of the molecule is Brc1ccc(CCN(Cc2ccc(Oc3ccccc3)cc2)Cc2ncn[nH]2)cc1. The molecule has 0 aliphatic rings. The summed E-state index contributed by atoms with van der Waals surface area (Å²) in [5.41, 5.74) is 2.54. The van der Waals surface area contributed by atoms with E-state index in [4.69, 9.17) is 4.74 Å². The lowest BCUT2D eigenvalue weighted by Gasteiger charge is -2.21. The van der Waals surface area contributed by atoms with Crippen LogP contribution in [0.15, 0.2) is 89.7 Å². The van der Waals surface area contributed by atoms with Crippen LogP contribution in [-0.2, 0) is 19.5 Å². The van der Waals surface area contributed by atoms with Crippen LogP contribution in [-0.4, -0.2) is 26.6 Å². The standard InChI is InChI=1S/C24H23BrN4O/c25-21-10-6-19(7-11-21)14-15-29(17-24-26-18-27-28-24)16-20-8-12-23(13-9-20)30-22-4-2-1-3-5-22/h1-13,18H,14-17H2,(H,26,27,28). The number of aromatic amines is 1. The highest BCUT2D eigenvalue weighted by Gasteiger charge is 2.10. The summed E-state index contributed by atoms with van der Waals surface area (Å²) in [5, 5.41) is 6.94. The first-order chi connectivity index (χ1) is 14.7. The number of aromatic nitrogens is 3. The average Bonchev–Trinajstić information content (AvgIpc) is 3.28. The van der Waals surface area contributed by atoms with Gasteiger partial charge in [-0.2, -0.15) is 5.10 Å². The lowest BCUT2D eigenvalue weighted by atomic mass is 10.1. The van der Waals surface area contributed by atoms with Crippen LogP contribution >= 0.6 is 15.9 Å². The zero-order chi connectivity index (χ0) is 20.6. The largest absolute Gasteiger partial charge is 0.457 e. The summed E-state index contributed by atoms with van der Waals surface area (Å²) in [5.74, 6) is 2.54. The average molecular weight is 463 g/mol. The van der Waals surface area contributed by atoms with Crippen molar-refractivity contribution in [2.45, 2.75) is 19.5 Å². The van der Waals surface area contributed by atoms with Crippen molar-refractivity contribution >= 4 is 15.9 Å². The van der Waals surface area contributed by atoms with E-state index in [1.54, 1.807) is 6.33 Å². The molecule has 0 aliphatic carbocycles. The number of ether oxygens (including phenoxy) is 1. The molecule has 0 spiro atoms. The molecular weight excluding hydrogens is 440 g/mol. The van der Waals surface area contributed by atoms with E-state index in [2.05, 4.69) is 72.4 Å². The van der Waals surface area contributed by atoms with E-state index in [0.29, 0.717) is 0 Å². The summed E-state index contributed by atoms with van der Waals surface area (Å²) in [4.78, 5) is 6.66. The summed E-state index contributed by atoms with van der Waals surface area (Å²) < 4.78 is 7.00. The quantitative estimate of drug-likeness (QED) is 0.351. The molecule has 0 saturated carbocycles. The lowest BCUT2D eigenvalue weighted by molar-refractivity contribution is 0.253. The first-order valence-electron chi connectivity index (χ1n) is 9.87. The van der Waals surface area contributed by atoms with Crippen molar-refractivity contribution in [3.05, 3.63) is 107 Å². The van der Waals surface area contributed by atoms with E-state index in [-0.39, 0.29) is 0 Å². The first-order valence-corrected chi connectivity index (χ1v) is 10.7. The van der Waals surface area contributed by atoms with Crippen LogP contribution in [0.25, 0.3) is 0 Å². The van der Waals surface area contributed by atoms with E-state index in [0.717, 1.165) is 47.9 Å². The van der Waals surface area contributed by atoms with Gasteiger partial charge < -0.3 is 4.74 Å². The van der Waals surface area contributed by atoms with Gasteiger partial charge in [0.05, 0.1) is 6.54 Å². The van der Waals surface area contributed by atoms with Crippen molar-refractivity contribution in [3.63, 3.8) is 0 Å². The molecule has 5 nitrogen and oxygen atoms in total. The normalized spacial score (nSPS) is 11.0. The minimum absolute atomic E-state index is 0.721. The number of benzene rings is 3. The Bertz CT molecular complexity index is 1020. The highest BCUT2D eigenvalue weighted by molar-refractivity contribution is 9.10. The summed E-state index contributed by atoms with van der Waals surface area (Å²) in [6, 6.07) is 26.6. The van der Waals surface area contributed by atoms with Gasteiger partial charge in [0.25, 0.3) is 0 Å². The molecule has 152 valence electrons. The Hall–Kier alpha value is -2.96. The van der Waals surface area contributed by atoms with Gasteiger partial charge >= 0.3 is 0 Å². The molecule has 4 aromatic rings. The molecule has 0 unspecified atom stereocenters. The van der Waals surface area contributed by atoms with E-state index in [1.807, 2.05) is 42.5 Å². The van der Waals surface area contributed by atoms with Crippen molar-refractivity contribution in [1.82, 2.24) is 20.1 Å². The van der Waals surface area contributed by atoms with Gasteiger partial charge in [0, 0.05) is 17.6 Å². The summed E-state index contributed by atoms with van der Waals surface area (Å²) in [7, 11) is 0. The number of hydrogen-bond acceptors (Lipinski definition) is 4. The van der Waals surface area contributed by atoms with E-state index in [1.165, 1.54) is 11.1 Å². The molecule has 0 aliphatic heterocycles. The fourth-order valence-corrected chi connectivity index (χ4v) is 3.48. The molecule has 0 radical (unpaired) electrons. The Kier molecular flexibility index (Phi) is 6.90. The second-order valence-electron chi connectivity index (χ2n) is 7.08. The first kappa shape index (κ1) is 20.3. The summed E-state index contributed by atoms with van der Waals surface area (Å²) in [6.07, 6.45) is 2.52. The zero-order valence-electron chi connectivity index (χ0n) is 16.5. The van der Waals surface area contributed by atoms with Gasteiger partial charge in [-0.25, -0.2) is 4.98 Å². The third-order valence-electron chi connectivity index (χ3n) is 4.78. The van der Waals surface area contributed by atoms with Gasteiger partial charge in [0.15, 0.2) is 0 Å². The van der Waals surface area contributed by atoms with Crippen LogP contribution in [0.5, 0.6) is 11.5 Å². The fraction of sp³-hybridized carbons (Fsp3) is 0.167. The topological polar surface area (TPSA) is 54.0 Å². The number of nitrogens with zero attached hydrogens (tertiary/aromatic N) is 3.